The SMILES string of the molecule is CCC(CNC(=O)N1CCC(C)(C)CC1)C(=O)O. The van der Waals surface area contributed by atoms with Gasteiger partial charge in [-0.15, -0.1) is 0 Å². The van der Waals surface area contributed by atoms with Crippen LogP contribution in [0.4, 0.5) is 4.79 Å². The van der Waals surface area contributed by atoms with Gasteiger partial charge in [-0.2, -0.15) is 0 Å². The van der Waals surface area contributed by atoms with E-state index in [-0.39, 0.29) is 12.6 Å². The Kier molecular flexibility index (Phi) is 4.99. The van der Waals surface area contributed by atoms with Crippen LogP contribution in [0.3, 0.4) is 0 Å². The van der Waals surface area contributed by atoms with Crippen LogP contribution < -0.4 is 5.32 Å². The quantitative estimate of drug-likeness (QED) is 0.807. The lowest BCUT2D eigenvalue weighted by Gasteiger charge is -2.36. The van der Waals surface area contributed by atoms with E-state index < -0.39 is 11.9 Å². The summed E-state index contributed by atoms with van der Waals surface area (Å²) in [6.45, 7) is 7.95. The number of carbonyl (C=O) groups is 2. The van der Waals surface area contributed by atoms with Gasteiger partial charge in [-0.05, 0) is 24.7 Å². The van der Waals surface area contributed by atoms with Crippen molar-refractivity contribution >= 4 is 12.0 Å². The minimum atomic E-state index is -0.849. The first-order chi connectivity index (χ1) is 8.35. The number of nitrogens with zero attached hydrogens (tertiary/aromatic N) is 1. The Morgan fingerprint density at radius 3 is 2.33 bits per heavy atom. The lowest BCUT2D eigenvalue weighted by molar-refractivity contribution is -0.141. The highest BCUT2D eigenvalue weighted by Crippen LogP contribution is 2.29. The van der Waals surface area contributed by atoms with Crippen LogP contribution >= 0.6 is 0 Å². The number of aliphatic carboxylic acids is 1. The highest BCUT2D eigenvalue weighted by atomic mass is 16.4. The van der Waals surface area contributed by atoms with Crippen LogP contribution in [-0.4, -0.2) is 41.6 Å². The van der Waals surface area contributed by atoms with Gasteiger partial charge in [0.1, 0.15) is 0 Å². The number of carbonyl (C=O) groups excluding carboxylic acids is 1. The zero-order valence-corrected chi connectivity index (χ0v) is 11.5. The number of piperidine rings is 1. The lowest BCUT2D eigenvalue weighted by atomic mass is 9.83. The number of hydrogen-bond acceptors (Lipinski definition) is 2. The van der Waals surface area contributed by atoms with E-state index in [9.17, 15) is 9.59 Å². The summed E-state index contributed by atoms with van der Waals surface area (Å²) >= 11 is 0. The summed E-state index contributed by atoms with van der Waals surface area (Å²) in [6, 6.07) is -0.134. The smallest absolute Gasteiger partial charge is 0.317 e. The number of nitrogens with one attached hydrogen (secondary N) is 1. The van der Waals surface area contributed by atoms with Gasteiger partial charge in [0.2, 0.25) is 0 Å². The molecule has 1 fully saturated rings. The van der Waals surface area contributed by atoms with Gasteiger partial charge in [-0.3, -0.25) is 4.79 Å². The maximum absolute atomic E-state index is 11.9. The maximum atomic E-state index is 11.9. The number of likely N-dealkylation sites (tertiary alicyclic amines) is 1. The van der Waals surface area contributed by atoms with Gasteiger partial charge in [-0.1, -0.05) is 20.8 Å². The van der Waals surface area contributed by atoms with Crippen LogP contribution in [-0.2, 0) is 4.79 Å². The number of rotatable bonds is 4. The monoisotopic (exact) mass is 256 g/mol. The Labute approximate surface area is 109 Å². The molecule has 2 N–H and O–H groups in total. The Hall–Kier alpha value is -1.26. The average Bonchev–Trinajstić information content (AvgIpc) is 2.29. The molecule has 0 spiro atoms. The van der Waals surface area contributed by atoms with Crippen molar-refractivity contribution in [1.82, 2.24) is 10.2 Å². The van der Waals surface area contributed by atoms with Crippen LogP contribution in [0.5, 0.6) is 0 Å². The first-order valence-electron chi connectivity index (χ1n) is 6.61. The Morgan fingerprint density at radius 1 is 1.33 bits per heavy atom. The fraction of sp³-hybridized carbons (Fsp3) is 0.846. The van der Waals surface area contributed by atoms with E-state index in [0.29, 0.717) is 11.8 Å². The zero-order chi connectivity index (χ0) is 13.8. The number of carboxylic acid groups (broad SMARTS) is 1. The minimum Gasteiger partial charge on any atom is -0.481 e. The average molecular weight is 256 g/mol. The fourth-order valence-corrected chi connectivity index (χ4v) is 2.04. The zero-order valence-electron chi connectivity index (χ0n) is 11.5. The molecule has 0 aromatic rings. The number of hydrogen-bond donors (Lipinski definition) is 2. The van der Waals surface area contributed by atoms with E-state index in [0.717, 1.165) is 25.9 Å². The molecule has 0 radical (unpaired) electrons. The molecule has 1 heterocycles. The molecule has 1 rings (SSSR count). The molecule has 5 heteroatoms. The Balaban J connectivity index is 2.36. The van der Waals surface area contributed by atoms with Gasteiger partial charge >= 0.3 is 12.0 Å². The molecule has 0 aromatic carbocycles. The van der Waals surface area contributed by atoms with Crippen molar-refractivity contribution in [2.75, 3.05) is 19.6 Å². The number of carboxylic acids is 1. The first-order valence-corrected chi connectivity index (χ1v) is 6.61. The third-order valence-electron chi connectivity index (χ3n) is 3.75. The molecule has 0 saturated carbocycles. The second kappa shape index (κ2) is 6.07. The van der Waals surface area contributed by atoms with Gasteiger partial charge < -0.3 is 15.3 Å². The van der Waals surface area contributed by atoms with Crippen LogP contribution in [0.2, 0.25) is 0 Å². The van der Waals surface area contributed by atoms with Crippen molar-refractivity contribution in [3.63, 3.8) is 0 Å². The summed E-state index contributed by atoms with van der Waals surface area (Å²) < 4.78 is 0. The van der Waals surface area contributed by atoms with Crippen LogP contribution in [0.15, 0.2) is 0 Å². The molecule has 104 valence electrons. The van der Waals surface area contributed by atoms with Gasteiger partial charge in [0.15, 0.2) is 0 Å². The Bertz CT molecular complexity index is 305. The van der Waals surface area contributed by atoms with Crippen LogP contribution in [0.25, 0.3) is 0 Å². The molecule has 18 heavy (non-hydrogen) atoms. The molecule has 0 bridgehead atoms. The van der Waals surface area contributed by atoms with Crippen molar-refractivity contribution in [2.45, 2.75) is 40.0 Å². The molecule has 1 aliphatic rings. The van der Waals surface area contributed by atoms with Gasteiger partial charge in [0, 0.05) is 19.6 Å². The van der Waals surface area contributed by atoms with Crippen molar-refractivity contribution in [1.29, 1.82) is 0 Å². The fourth-order valence-electron chi connectivity index (χ4n) is 2.04. The summed E-state index contributed by atoms with van der Waals surface area (Å²) in [5.74, 6) is -1.34. The molecule has 1 aliphatic heterocycles. The first kappa shape index (κ1) is 14.8. The van der Waals surface area contributed by atoms with Crippen LogP contribution in [0.1, 0.15) is 40.0 Å². The summed E-state index contributed by atoms with van der Waals surface area (Å²) in [7, 11) is 0. The summed E-state index contributed by atoms with van der Waals surface area (Å²) in [4.78, 5) is 24.5. The molecule has 1 atom stereocenters. The van der Waals surface area contributed by atoms with Crippen molar-refractivity contribution in [2.24, 2.45) is 11.3 Å². The third-order valence-corrected chi connectivity index (χ3v) is 3.75. The van der Waals surface area contributed by atoms with Gasteiger partial charge in [0.25, 0.3) is 0 Å². The van der Waals surface area contributed by atoms with E-state index in [1.165, 1.54) is 0 Å². The standard InChI is InChI=1S/C13H24N2O3/c1-4-10(11(16)17)9-14-12(18)15-7-5-13(2,3)6-8-15/h10H,4-9H2,1-3H3,(H,14,18)(H,16,17). The maximum Gasteiger partial charge on any atom is 0.317 e. The largest absolute Gasteiger partial charge is 0.481 e. The van der Waals surface area contributed by atoms with Crippen LogP contribution in [0, 0.1) is 11.3 Å². The van der Waals surface area contributed by atoms with E-state index in [4.69, 9.17) is 5.11 Å². The normalized spacial score (nSPS) is 20.3. The Morgan fingerprint density at radius 2 is 1.89 bits per heavy atom. The molecule has 1 unspecified atom stereocenters. The second-order valence-corrected chi connectivity index (χ2v) is 5.78. The van der Waals surface area contributed by atoms with Crippen molar-refractivity contribution in [3.05, 3.63) is 0 Å². The molecular formula is C13H24N2O3. The molecule has 5 nitrogen and oxygen atoms in total. The van der Waals surface area contributed by atoms with E-state index in [1.54, 1.807) is 4.90 Å². The van der Waals surface area contributed by atoms with Gasteiger partial charge in [0.05, 0.1) is 5.92 Å². The third kappa shape index (κ3) is 4.20. The minimum absolute atomic E-state index is 0.134. The number of amides is 2. The molecule has 0 aliphatic carbocycles. The second-order valence-electron chi connectivity index (χ2n) is 5.78. The molecule has 2 amide bonds. The highest BCUT2D eigenvalue weighted by Gasteiger charge is 2.28. The summed E-state index contributed by atoms with van der Waals surface area (Å²) in [5.41, 5.74) is 0.309. The summed E-state index contributed by atoms with van der Waals surface area (Å²) in [5, 5.41) is 11.6. The van der Waals surface area contributed by atoms with Crippen molar-refractivity contribution in [3.8, 4) is 0 Å². The molecular weight excluding hydrogens is 232 g/mol. The number of urea groups is 1. The van der Waals surface area contributed by atoms with Crippen molar-refractivity contribution < 1.29 is 14.7 Å². The predicted molar refractivity (Wildman–Crippen MR) is 69.4 cm³/mol. The van der Waals surface area contributed by atoms with E-state index >= 15 is 0 Å². The highest BCUT2D eigenvalue weighted by molar-refractivity contribution is 5.76. The lowest BCUT2D eigenvalue weighted by Crippen LogP contribution is -2.47. The van der Waals surface area contributed by atoms with E-state index in [1.807, 2.05) is 6.92 Å². The van der Waals surface area contributed by atoms with Gasteiger partial charge in [-0.25, -0.2) is 4.79 Å². The predicted octanol–water partition coefficient (Wildman–Crippen LogP) is 1.93. The molecule has 1 saturated heterocycles. The topological polar surface area (TPSA) is 69.6 Å². The van der Waals surface area contributed by atoms with E-state index in [2.05, 4.69) is 19.2 Å². The summed E-state index contributed by atoms with van der Waals surface area (Å²) in [6.07, 6.45) is 2.52. The molecule has 0 aromatic heterocycles.